The number of aromatic nitrogens is 6. The van der Waals surface area contributed by atoms with Gasteiger partial charge in [0.1, 0.15) is 0 Å². The van der Waals surface area contributed by atoms with Gasteiger partial charge in [-0.1, -0.05) is 127 Å². The highest BCUT2D eigenvalue weighted by molar-refractivity contribution is 6.23. The molecule has 6 nitrogen and oxygen atoms in total. The smallest absolute Gasteiger partial charge is 0.235 e. The zero-order valence-corrected chi connectivity index (χ0v) is 30.2. The summed E-state index contributed by atoms with van der Waals surface area (Å²) in [6, 6.07) is 63.1. The third kappa shape index (κ3) is 5.19. The molecule has 0 spiro atoms. The van der Waals surface area contributed by atoms with Crippen molar-refractivity contribution in [3.63, 3.8) is 0 Å². The molecule has 0 saturated carbocycles. The third-order valence-electron chi connectivity index (χ3n) is 10.7. The van der Waals surface area contributed by atoms with E-state index in [1.807, 2.05) is 54.9 Å². The van der Waals surface area contributed by atoms with Crippen LogP contribution >= 0.6 is 0 Å². The van der Waals surface area contributed by atoms with Crippen molar-refractivity contribution in [3.8, 4) is 56.7 Å². The number of hydrogen-bond donors (Lipinski definition) is 0. The van der Waals surface area contributed by atoms with E-state index in [0.29, 0.717) is 5.95 Å². The van der Waals surface area contributed by atoms with Gasteiger partial charge >= 0.3 is 0 Å². The predicted octanol–water partition coefficient (Wildman–Crippen LogP) is 12.1. The van der Waals surface area contributed by atoms with E-state index < -0.39 is 0 Å². The first kappa shape index (κ1) is 31.8. The first-order valence-electron chi connectivity index (χ1n) is 18.7. The second-order valence-corrected chi connectivity index (χ2v) is 13.9. The highest BCUT2D eigenvalue weighted by Gasteiger charge is 2.23. The molecule has 0 aliphatic rings. The summed E-state index contributed by atoms with van der Waals surface area (Å²) >= 11 is 0. The largest absolute Gasteiger partial charge is 0.307 e. The van der Waals surface area contributed by atoms with Gasteiger partial charge < -0.3 is 4.57 Å². The SMILES string of the molecule is c1ccc(-c2ccc(-c3cc(-c4ccc(-c5ccccc5)nc4)nc(-n4c5ccccc5c5ccc6c7ccccc7n(-c7ccccc7)c6c54)n3)cn2)cc1. The van der Waals surface area contributed by atoms with Crippen LogP contribution in [0.3, 0.4) is 0 Å². The minimum absolute atomic E-state index is 0.570. The summed E-state index contributed by atoms with van der Waals surface area (Å²) in [6.07, 6.45) is 3.82. The summed E-state index contributed by atoms with van der Waals surface area (Å²) in [4.78, 5) is 20.6. The number of fused-ring (bicyclic) bond motifs is 7. The summed E-state index contributed by atoms with van der Waals surface area (Å²) in [5, 5.41) is 4.62. The van der Waals surface area contributed by atoms with Gasteiger partial charge in [0.05, 0.1) is 44.8 Å². The molecule has 0 radical (unpaired) electrons. The van der Waals surface area contributed by atoms with Crippen molar-refractivity contribution in [2.75, 3.05) is 0 Å². The van der Waals surface area contributed by atoms with Crippen molar-refractivity contribution in [1.82, 2.24) is 29.1 Å². The Morgan fingerprint density at radius 3 is 1.27 bits per heavy atom. The number of benzene rings is 6. The summed E-state index contributed by atoms with van der Waals surface area (Å²) in [6.45, 7) is 0. The zero-order chi connectivity index (χ0) is 37.0. The average Bonchev–Trinajstić information content (AvgIpc) is 3.80. The lowest BCUT2D eigenvalue weighted by Crippen LogP contribution is -2.05. The Morgan fingerprint density at radius 1 is 0.321 bits per heavy atom. The first-order valence-corrected chi connectivity index (χ1v) is 18.7. The number of para-hydroxylation sites is 3. The number of pyridine rings is 2. The maximum absolute atomic E-state index is 5.38. The zero-order valence-electron chi connectivity index (χ0n) is 30.2. The molecule has 11 aromatic rings. The summed E-state index contributed by atoms with van der Waals surface area (Å²) in [5.41, 5.74) is 12.7. The van der Waals surface area contributed by atoms with E-state index in [1.165, 1.54) is 10.8 Å². The Balaban J connectivity index is 1.20. The Hall–Kier alpha value is -7.70. The van der Waals surface area contributed by atoms with Gasteiger partial charge in [0.2, 0.25) is 5.95 Å². The van der Waals surface area contributed by atoms with Crippen LogP contribution in [0, 0.1) is 0 Å². The van der Waals surface area contributed by atoms with Crippen LogP contribution in [0.2, 0.25) is 0 Å². The van der Waals surface area contributed by atoms with Crippen molar-refractivity contribution < 1.29 is 0 Å². The van der Waals surface area contributed by atoms with Crippen LogP contribution in [0.4, 0.5) is 0 Å². The van der Waals surface area contributed by atoms with Gasteiger partial charge in [-0.3, -0.25) is 14.5 Å². The standard InChI is InChI=1S/C50H32N6/c1-4-14-33(15-5-1)42-28-24-35(31-51-42)44-30-45(36-25-29-43(52-32-36)34-16-6-2-7-17-34)54-50(53-44)56-47-23-13-11-21-39(47)41-27-26-40-38-20-10-12-22-46(38)55(48(40)49(41)56)37-18-8-3-9-19-37/h1-32H. The van der Waals surface area contributed by atoms with Gasteiger partial charge in [-0.2, -0.15) is 0 Å². The van der Waals surface area contributed by atoms with E-state index in [0.717, 1.165) is 83.6 Å². The van der Waals surface area contributed by atoms with Crippen LogP contribution in [-0.2, 0) is 0 Å². The molecular weight excluding hydrogens is 685 g/mol. The minimum Gasteiger partial charge on any atom is -0.307 e. The molecule has 0 N–H and O–H groups in total. The number of nitrogens with zero attached hydrogens (tertiary/aromatic N) is 6. The van der Waals surface area contributed by atoms with Crippen LogP contribution < -0.4 is 0 Å². The van der Waals surface area contributed by atoms with Crippen LogP contribution in [0.1, 0.15) is 0 Å². The Kier molecular flexibility index (Phi) is 7.38. The van der Waals surface area contributed by atoms with Crippen LogP contribution in [0.5, 0.6) is 0 Å². The molecule has 0 amide bonds. The van der Waals surface area contributed by atoms with Gasteiger partial charge in [-0.15, -0.1) is 0 Å². The lowest BCUT2D eigenvalue weighted by atomic mass is 10.1. The summed E-state index contributed by atoms with van der Waals surface area (Å²) in [7, 11) is 0. The van der Waals surface area contributed by atoms with E-state index in [-0.39, 0.29) is 0 Å². The van der Waals surface area contributed by atoms with Crippen molar-refractivity contribution >= 4 is 43.6 Å². The minimum atomic E-state index is 0.570. The topological polar surface area (TPSA) is 61.4 Å². The molecule has 0 unspecified atom stereocenters. The lowest BCUT2D eigenvalue weighted by Gasteiger charge is -2.14. The molecule has 5 aromatic heterocycles. The number of rotatable bonds is 6. The molecule has 0 saturated heterocycles. The van der Waals surface area contributed by atoms with Crippen molar-refractivity contribution in [2.45, 2.75) is 0 Å². The van der Waals surface area contributed by atoms with E-state index in [1.54, 1.807) is 0 Å². The van der Waals surface area contributed by atoms with Gasteiger partial charge in [0, 0.05) is 61.9 Å². The molecular formula is C50H32N6. The molecule has 11 rings (SSSR count). The van der Waals surface area contributed by atoms with Crippen molar-refractivity contribution in [3.05, 3.63) is 194 Å². The molecule has 0 atom stereocenters. The Labute approximate surface area is 322 Å². The van der Waals surface area contributed by atoms with E-state index in [4.69, 9.17) is 19.9 Å². The van der Waals surface area contributed by atoms with Crippen LogP contribution in [0.25, 0.3) is 100 Å². The van der Waals surface area contributed by atoms with Crippen LogP contribution in [0.15, 0.2) is 194 Å². The second kappa shape index (κ2) is 13.0. The predicted molar refractivity (Wildman–Crippen MR) is 228 cm³/mol. The average molecular weight is 717 g/mol. The fourth-order valence-corrected chi connectivity index (χ4v) is 8.03. The Morgan fingerprint density at radius 2 is 0.768 bits per heavy atom. The molecule has 0 fully saturated rings. The van der Waals surface area contributed by atoms with Gasteiger partial charge in [0.25, 0.3) is 0 Å². The molecule has 262 valence electrons. The maximum Gasteiger partial charge on any atom is 0.235 e. The highest BCUT2D eigenvalue weighted by Crippen LogP contribution is 2.41. The van der Waals surface area contributed by atoms with E-state index in [2.05, 4.69) is 149 Å². The van der Waals surface area contributed by atoms with Crippen molar-refractivity contribution in [1.29, 1.82) is 0 Å². The van der Waals surface area contributed by atoms with E-state index >= 15 is 0 Å². The van der Waals surface area contributed by atoms with Crippen LogP contribution in [-0.4, -0.2) is 29.1 Å². The normalized spacial score (nSPS) is 11.6. The van der Waals surface area contributed by atoms with Gasteiger partial charge in [-0.25, -0.2) is 9.97 Å². The van der Waals surface area contributed by atoms with Crippen molar-refractivity contribution in [2.24, 2.45) is 0 Å². The quantitative estimate of drug-likeness (QED) is 0.172. The fourth-order valence-electron chi connectivity index (χ4n) is 8.03. The summed E-state index contributed by atoms with van der Waals surface area (Å²) in [5.74, 6) is 0.570. The molecule has 0 bridgehead atoms. The maximum atomic E-state index is 5.38. The molecule has 5 heterocycles. The molecule has 56 heavy (non-hydrogen) atoms. The molecule has 0 aliphatic carbocycles. The third-order valence-corrected chi connectivity index (χ3v) is 10.7. The van der Waals surface area contributed by atoms with E-state index in [9.17, 15) is 0 Å². The van der Waals surface area contributed by atoms with Gasteiger partial charge in [-0.05, 0) is 54.6 Å². The lowest BCUT2D eigenvalue weighted by molar-refractivity contribution is 0.993. The molecule has 6 heteroatoms. The first-order chi connectivity index (χ1) is 27.8. The monoisotopic (exact) mass is 716 g/mol. The highest BCUT2D eigenvalue weighted by atomic mass is 15.2. The molecule has 0 aliphatic heterocycles. The fraction of sp³-hybridized carbons (Fsp3) is 0. The number of hydrogen-bond acceptors (Lipinski definition) is 4. The van der Waals surface area contributed by atoms with Gasteiger partial charge in [0.15, 0.2) is 0 Å². The Bertz CT molecular complexity index is 3100. The summed E-state index contributed by atoms with van der Waals surface area (Å²) < 4.78 is 4.63. The molecule has 6 aromatic carbocycles. The second-order valence-electron chi connectivity index (χ2n) is 13.9.